The van der Waals surface area contributed by atoms with Gasteiger partial charge in [0.1, 0.15) is 0 Å². The number of amides is 1. The summed E-state index contributed by atoms with van der Waals surface area (Å²) in [6, 6.07) is 13.4. The zero-order valence-corrected chi connectivity index (χ0v) is 18.7. The van der Waals surface area contributed by atoms with E-state index in [0.29, 0.717) is 22.9 Å². The van der Waals surface area contributed by atoms with Gasteiger partial charge in [-0.3, -0.25) is 18.6 Å². The normalized spacial score (nSPS) is 11.3. The summed E-state index contributed by atoms with van der Waals surface area (Å²) < 4.78 is 3.56. The van der Waals surface area contributed by atoms with E-state index in [-0.39, 0.29) is 17.2 Å². The van der Waals surface area contributed by atoms with Crippen LogP contribution < -0.4 is 10.9 Å². The van der Waals surface area contributed by atoms with Gasteiger partial charge in [-0.15, -0.1) is 10.2 Å². The molecule has 0 spiro atoms. The molecule has 4 rings (SSSR count). The lowest BCUT2D eigenvalue weighted by Gasteiger charge is -2.11. The number of unbranched alkanes of at least 4 members (excludes halogenated alkanes) is 1. The summed E-state index contributed by atoms with van der Waals surface area (Å²) in [6.07, 6.45) is 1.85. The molecule has 0 aliphatic rings. The maximum absolute atomic E-state index is 13.0. The van der Waals surface area contributed by atoms with Gasteiger partial charge in [-0.2, -0.15) is 0 Å². The molecule has 8 heteroatoms. The van der Waals surface area contributed by atoms with Gasteiger partial charge in [-0.25, -0.2) is 0 Å². The van der Waals surface area contributed by atoms with Crippen LogP contribution in [-0.2, 0) is 11.3 Å². The van der Waals surface area contributed by atoms with Crippen molar-refractivity contribution in [2.75, 3.05) is 11.1 Å². The minimum absolute atomic E-state index is 0.0620. The van der Waals surface area contributed by atoms with Crippen LogP contribution in [0.15, 0.2) is 52.4 Å². The summed E-state index contributed by atoms with van der Waals surface area (Å²) in [5.41, 5.74) is 3.67. The highest BCUT2D eigenvalue weighted by molar-refractivity contribution is 7.99. The van der Waals surface area contributed by atoms with Crippen molar-refractivity contribution in [3.63, 3.8) is 0 Å². The monoisotopic (exact) mass is 435 g/mol. The van der Waals surface area contributed by atoms with Crippen molar-refractivity contribution >= 4 is 40.0 Å². The maximum Gasteiger partial charge on any atom is 0.262 e. The van der Waals surface area contributed by atoms with Crippen LogP contribution in [0.25, 0.3) is 16.7 Å². The van der Waals surface area contributed by atoms with Crippen molar-refractivity contribution in [1.82, 2.24) is 19.2 Å². The van der Waals surface area contributed by atoms with Crippen LogP contribution in [-0.4, -0.2) is 30.8 Å². The minimum atomic E-state index is -0.115. The first-order valence-corrected chi connectivity index (χ1v) is 11.3. The van der Waals surface area contributed by atoms with Crippen molar-refractivity contribution in [3.05, 3.63) is 63.9 Å². The Bertz CT molecular complexity index is 1300. The molecular formula is C23H25N5O2S. The van der Waals surface area contributed by atoms with E-state index in [4.69, 9.17) is 0 Å². The van der Waals surface area contributed by atoms with Gasteiger partial charge in [0.05, 0.1) is 16.7 Å². The first-order chi connectivity index (χ1) is 15.0. The summed E-state index contributed by atoms with van der Waals surface area (Å²) in [5, 5.41) is 12.7. The Kier molecular flexibility index (Phi) is 6.08. The predicted octanol–water partition coefficient (Wildman–Crippen LogP) is 4.19. The fourth-order valence-corrected chi connectivity index (χ4v) is 4.46. The van der Waals surface area contributed by atoms with E-state index in [1.54, 1.807) is 4.57 Å². The third-order valence-electron chi connectivity index (χ3n) is 5.05. The molecule has 0 aliphatic heterocycles. The standard InChI is InChI=1S/C23H25N5O2S/c1-4-5-10-27-21(30)18-8-6-7-9-19(18)28-22(27)25-26-23(28)31-14-20(29)24-17-12-15(2)11-16(3)13-17/h6-9,11-13H,4-5,10,14H2,1-3H3,(H,24,29). The Hall–Kier alpha value is -3.13. The molecule has 0 bridgehead atoms. The number of aromatic nitrogens is 4. The first-order valence-electron chi connectivity index (χ1n) is 10.4. The highest BCUT2D eigenvalue weighted by Gasteiger charge is 2.17. The quantitative estimate of drug-likeness (QED) is 0.440. The molecule has 0 saturated heterocycles. The van der Waals surface area contributed by atoms with Crippen LogP contribution in [0.5, 0.6) is 0 Å². The number of anilines is 1. The Balaban J connectivity index is 1.64. The number of aryl methyl sites for hydroxylation is 3. The number of nitrogens with one attached hydrogen (secondary N) is 1. The van der Waals surface area contributed by atoms with Gasteiger partial charge in [-0.05, 0) is 55.7 Å². The Morgan fingerprint density at radius 3 is 2.58 bits per heavy atom. The molecule has 7 nitrogen and oxygen atoms in total. The second-order valence-electron chi connectivity index (χ2n) is 7.66. The van der Waals surface area contributed by atoms with Crippen LogP contribution >= 0.6 is 11.8 Å². The topological polar surface area (TPSA) is 81.3 Å². The van der Waals surface area contributed by atoms with Crippen molar-refractivity contribution in [3.8, 4) is 0 Å². The predicted molar refractivity (Wildman–Crippen MR) is 125 cm³/mol. The number of carbonyl (C=O) groups excluding carboxylic acids is 1. The summed E-state index contributed by atoms with van der Waals surface area (Å²) in [7, 11) is 0. The van der Waals surface area contributed by atoms with E-state index in [2.05, 4.69) is 28.5 Å². The minimum Gasteiger partial charge on any atom is -0.325 e. The number of carbonyl (C=O) groups is 1. The molecule has 2 aromatic heterocycles. The van der Waals surface area contributed by atoms with Gasteiger partial charge >= 0.3 is 0 Å². The van der Waals surface area contributed by atoms with Gasteiger partial charge in [-0.1, -0.05) is 43.3 Å². The maximum atomic E-state index is 13.0. The van der Waals surface area contributed by atoms with E-state index in [1.165, 1.54) is 11.8 Å². The van der Waals surface area contributed by atoms with Gasteiger partial charge in [0.25, 0.3) is 5.56 Å². The van der Waals surface area contributed by atoms with Crippen LogP contribution in [0.4, 0.5) is 5.69 Å². The highest BCUT2D eigenvalue weighted by atomic mass is 32.2. The lowest BCUT2D eigenvalue weighted by atomic mass is 10.1. The Morgan fingerprint density at radius 1 is 1.10 bits per heavy atom. The number of hydrogen-bond acceptors (Lipinski definition) is 5. The van der Waals surface area contributed by atoms with E-state index in [0.717, 1.165) is 35.2 Å². The number of thioether (sulfide) groups is 1. The van der Waals surface area contributed by atoms with Crippen molar-refractivity contribution < 1.29 is 4.79 Å². The van der Waals surface area contributed by atoms with Crippen LogP contribution in [0, 0.1) is 13.8 Å². The van der Waals surface area contributed by atoms with Crippen LogP contribution in [0.2, 0.25) is 0 Å². The summed E-state index contributed by atoms with van der Waals surface area (Å²) in [6.45, 7) is 6.67. The fourth-order valence-electron chi connectivity index (χ4n) is 3.72. The third kappa shape index (κ3) is 4.34. The molecule has 0 saturated carbocycles. The van der Waals surface area contributed by atoms with Crippen molar-refractivity contribution in [2.45, 2.75) is 45.3 Å². The lowest BCUT2D eigenvalue weighted by molar-refractivity contribution is -0.113. The second kappa shape index (κ2) is 8.93. The molecule has 0 aliphatic carbocycles. The van der Waals surface area contributed by atoms with Gasteiger partial charge in [0, 0.05) is 12.2 Å². The Morgan fingerprint density at radius 2 is 1.84 bits per heavy atom. The second-order valence-corrected chi connectivity index (χ2v) is 8.60. The number of hydrogen-bond donors (Lipinski definition) is 1. The van der Waals surface area contributed by atoms with Crippen molar-refractivity contribution in [1.29, 1.82) is 0 Å². The van der Waals surface area contributed by atoms with Crippen LogP contribution in [0.1, 0.15) is 30.9 Å². The third-order valence-corrected chi connectivity index (χ3v) is 5.98. The molecule has 4 aromatic rings. The summed E-state index contributed by atoms with van der Waals surface area (Å²) in [5.74, 6) is 0.584. The largest absolute Gasteiger partial charge is 0.325 e. The molecule has 0 unspecified atom stereocenters. The molecule has 31 heavy (non-hydrogen) atoms. The molecule has 160 valence electrons. The van der Waals surface area contributed by atoms with E-state index < -0.39 is 0 Å². The summed E-state index contributed by atoms with van der Waals surface area (Å²) >= 11 is 1.31. The molecule has 2 heterocycles. The summed E-state index contributed by atoms with van der Waals surface area (Å²) in [4.78, 5) is 25.5. The molecule has 0 fully saturated rings. The number of fused-ring (bicyclic) bond motifs is 3. The molecule has 2 aromatic carbocycles. The molecular weight excluding hydrogens is 410 g/mol. The van der Waals surface area contributed by atoms with E-state index >= 15 is 0 Å². The van der Waals surface area contributed by atoms with Gasteiger partial charge in [0.15, 0.2) is 5.16 Å². The Labute approximate surface area is 184 Å². The average molecular weight is 436 g/mol. The SMILES string of the molecule is CCCCn1c(=O)c2ccccc2n2c(SCC(=O)Nc3cc(C)cc(C)c3)nnc12. The number of nitrogens with zero attached hydrogens (tertiary/aromatic N) is 4. The molecule has 1 amide bonds. The lowest BCUT2D eigenvalue weighted by Crippen LogP contribution is -2.23. The molecule has 0 radical (unpaired) electrons. The number of rotatable bonds is 7. The van der Waals surface area contributed by atoms with E-state index in [9.17, 15) is 9.59 Å². The van der Waals surface area contributed by atoms with Crippen LogP contribution in [0.3, 0.4) is 0 Å². The molecule has 1 N–H and O–H groups in total. The smallest absolute Gasteiger partial charge is 0.262 e. The van der Waals surface area contributed by atoms with Gasteiger partial charge in [0.2, 0.25) is 11.7 Å². The first kappa shape index (κ1) is 21.1. The zero-order valence-electron chi connectivity index (χ0n) is 17.9. The average Bonchev–Trinajstić information content (AvgIpc) is 3.15. The van der Waals surface area contributed by atoms with E-state index in [1.807, 2.05) is 54.6 Å². The fraction of sp³-hybridized carbons (Fsp3) is 0.304. The highest BCUT2D eigenvalue weighted by Crippen LogP contribution is 2.22. The molecule has 0 atom stereocenters. The van der Waals surface area contributed by atoms with Gasteiger partial charge < -0.3 is 5.32 Å². The zero-order chi connectivity index (χ0) is 22.0. The number of para-hydroxylation sites is 1. The number of benzene rings is 2. The van der Waals surface area contributed by atoms with Crippen molar-refractivity contribution in [2.24, 2.45) is 0 Å².